The Hall–Kier alpha value is -5.98. The van der Waals surface area contributed by atoms with Crippen molar-refractivity contribution in [2.24, 2.45) is 0 Å². The van der Waals surface area contributed by atoms with E-state index in [4.69, 9.17) is 0 Å². The van der Waals surface area contributed by atoms with Crippen LogP contribution in [0.3, 0.4) is 0 Å². The number of hydrogen-bond donors (Lipinski definition) is 0. The fraction of sp³-hybridized carbons (Fsp3) is 0. The largest absolute Gasteiger partial charge is 0.0616 e. The first-order valence-corrected chi connectivity index (χ1v) is 16.3. The molecule has 12 aromatic rings. The maximum atomic E-state index is 2.49. The van der Waals surface area contributed by atoms with Crippen molar-refractivity contribution >= 4 is 108 Å². The van der Waals surface area contributed by atoms with Crippen molar-refractivity contribution in [2.45, 2.75) is 0 Å². The second-order valence-corrected chi connectivity index (χ2v) is 13.5. The summed E-state index contributed by atoms with van der Waals surface area (Å²) in [5.74, 6) is 0. The Morgan fingerprint density at radius 1 is 0.196 bits per heavy atom. The first-order valence-electron chi connectivity index (χ1n) is 16.3. The average Bonchev–Trinajstić information content (AvgIpc) is 3.74. The van der Waals surface area contributed by atoms with Crippen LogP contribution in [0.5, 0.6) is 0 Å². The lowest BCUT2D eigenvalue weighted by molar-refractivity contribution is 1.70. The zero-order valence-electron chi connectivity index (χ0n) is 24.7. The fourth-order valence-electron chi connectivity index (χ4n) is 9.92. The first-order chi connectivity index (χ1) is 22.8. The molecule has 12 aromatic carbocycles. The smallest absolute Gasteiger partial charge is 0.000762 e. The van der Waals surface area contributed by atoms with E-state index < -0.39 is 0 Å². The van der Waals surface area contributed by atoms with Gasteiger partial charge in [-0.15, -0.1) is 0 Å². The summed E-state index contributed by atoms with van der Waals surface area (Å²) in [5.41, 5.74) is 5.45. The predicted octanol–water partition coefficient (Wildman–Crippen LogP) is 13.2. The summed E-state index contributed by atoms with van der Waals surface area (Å²) in [6.45, 7) is 0. The molecule has 0 saturated carbocycles. The molecule has 0 saturated heterocycles. The summed E-state index contributed by atoms with van der Waals surface area (Å²) in [4.78, 5) is 0. The SMILES string of the molecule is c1ccc2c(c1)-c1ccc3c4ccc5c6cc7cc8ccccc8c8c9ccccc9c(c6c6ccc(c9ccc-2c1c39)c4c56)c78. The van der Waals surface area contributed by atoms with Gasteiger partial charge >= 0.3 is 0 Å². The van der Waals surface area contributed by atoms with Crippen molar-refractivity contribution in [1.82, 2.24) is 0 Å². The summed E-state index contributed by atoms with van der Waals surface area (Å²) in [6, 6.07) is 51.0. The molecule has 13 rings (SSSR count). The summed E-state index contributed by atoms with van der Waals surface area (Å²) < 4.78 is 0. The predicted molar refractivity (Wildman–Crippen MR) is 199 cm³/mol. The van der Waals surface area contributed by atoms with Crippen molar-refractivity contribution < 1.29 is 0 Å². The molecule has 0 aliphatic heterocycles. The molecule has 0 fully saturated rings. The molecule has 0 spiro atoms. The summed E-state index contributed by atoms with van der Waals surface area (Å²) >= 11 is 0. The van der Waals surface area contributed by atoms with Crippen LogP contribution < -0.4 is 0 Å². The van der Waals surface area contributed by atoms with Crippen LogP contribution in [-0.4, -0.2) is 0 Å². The van der Waals surface area contributed by atoms with Gasteiger partial charge in [-0.25, -0.2) is 0 Å². The van der Waals surface area contributed by atoms with E-state index >= 15 is 0 Å². The molecule has 0 nitrogen and oxygen atoms in total. The van der Waals surface area contributed by atoms with Crippen LogP contribution in [0.25, 0.3) is 130 Å². The summed E-state index contributed by atoms with van der Waals surface area (Å²) in [6.07, 6.45) is 0. The van der Waals surface area contributed by atoms with E-state index in [2.05, 4.69) is 133 Å². The van der Waals surface area contributed by atoms with E-state index in [9.17, 15) is 0 Å². The van der Waals surface area contributed by atoms with Gasteiger partial charge in [-0.1, -0.05) is 121 Å². The lowest BCUT2D eigenvalue weighted by Crippen LogP contribution is -1.88. The van der Waals surface area contributed by atoms with E-state index in [1.165, 1.54) is 130 Å². The highest BCUT2D eigenvalue weighted by Gasteiger charge is 2.27. The zero-order valence-corrected chi connectivity index (χ0v) is 24.7. The van der Waals surface area contributed by atoms with Crippen LogP contribution in [0, 0.1) is 0 Å². The molecule has 1 aliphatic carbocycles. The van der Waals surface area contributed by atoms with Gasteiger partial charge in [-0.05, 0) is 142 Å². The minimum atomic E-state index is 1.31. The van der Waals surface area contributed by atoms with Crippen molar-refractivity contribution in [3.05, 3.63) is 133 Å². The minimum Gasteiger partial charge on any atom is -0.0616 e. The molecular formula is C46H22. The second kappa shape index (κ2) is 7.28. The molecule has 0 bridgehead atoms. The molecule has 206 valence electrons. The van der Waals surface area contributed by atoms with Crippen LogP contribution in [0.1, 0.15) is 0 Å². The first kappa shape index (κ1) is 22.5. The van der Waals surface area contributed by atoms with Crippen molar-refractivity contribution in [1.29, 1.82) is 0 Å². The normalized spacial score (nSPS) is 13.2. The molecule has 46 heavy (non-hydrogen) atoms. The van der Waals surface area contributed by atoms with Crippen molar-refractivity contribution in [3.8, 4) is 22.3 Å². The molecule has 0 unspecified atom stereocenters. The van der Waals surface area contributed by atoms with Gasteiger partial charge < -0.3 is 0 Å². The maximum absolute atomic E-state index is 2.49. The Morgan fingerprint density at radius 3 is 1.33 bits per heavy atom. The minimum absolute atomic E-state index is 1.31. The van der Waals surface area contributed by atoms with Gasteiger partial charge in [-0.3, -0.25) is 0 Å². The Labute approximate surface area is 262 Å². The van der Waals surface area contributed by atoms with Crippen LogP contribution in [0.2, 0.25) is 0 Å². The van der Waals surface area contributed by atoms with Gasteiger partial charge in [0.2, 0.25) is 0 Å². The van der Waals surface area contributed by atoms with Crippen LogP contribution in [0.4, 0.5) is 0 Å². The highest BCUT2D eigenvalue weighted by molar-refractivity contribution is 6.50. The number of rotatable bonds is 0. The van der Waals surface area contributed by atoms with Gasteiger partial charge in [0.1, 0.15) is 0 Å². The van der Waals surface area contributed by atoms with Crippen molar-refractivity contribution in [3.63, 3.8) is 0 Å². The standard InChI is InChI=1S/C46H22/c1-2-8-25-23(7-1)21-24-22-38-36-18-17-34-32-15-13-30-26-9-3-4-10-27(26)31-14-16-33(42(32)41(30)31)35-19-20-37(44(36)43(34)35)45(38)46-29-12-6-5-11-28(29)40(25)39(24)46/h1-22H. The molecule has 0 radical (unpaired) electrons. The third-order valence-electron chi connectivity index (χ3n) is 11.6. The van der Waals surface area contributed by atoms with Crippen LogP contribution >= 0.6 is 0 Å². The van der Waals surface area contributed by atoms with E-state index in [0.717, 1.165) is 0 Å². The van der Waals surface area contributed by atoms with Gasteiger partial charge in [-0.2, -0.15) is 0 Å². The van der Waals surface area contributed by atoms with Gasteiger partial charge in [0.15, 0.2) is 0 Å². The average molecular weight is 575 g/mol. The van der Waals surface area contributed by atoms with E-state index in [0.29, 0.717) is 0 Å². The molecule has 0 atom stereocenters. The van der Waals surface area contributed by atoms with Crippen LogP contribution in [-0.2, 0) is 0 Å². The number of hydrogen-bond acceptors (Lipinski definition) is 0. The third kappa shape index (κ3) is 2.28. The van der Waals surface area contributed by atoms with E-state index in [1.54, 1.807) is 0 Å². The highest BCUT2D eigenvalue weighted by atomic mass is 14.3. The molecule has 0 heteroatoms. The Morgan fingerprint density at radius 2 is 0.630 bits per heavy atom. The molecule has 0 amide bonds. The Balaban J connectivity index is 1.28. The van der Waals surface area contributed by atoms with E-state index in [1.807, 2.05) is 0 Å². The van der Waals surface area contributed by atoms with Gasteiger partial charge in [0.05, 0.1) is 0 Å². The third-order valence-corrected chi connectivity index (χ3v) is 11.6. The second-order valence-electron chi connectivity index (χ2n) is 13.5. The maximum Gasteiger partial charge on any atom is -0.000762 e. The lowest BCUT2D eigenvalue weighted by atomic mass is 9.87. The quantitative estimate of drug-likeness (QED) is 0.125. The van der Waals surface area contributed by atoms with Gasteiger partial charge in [0, 0.05) is 0 Å². The van der Waals surface area contributed by atoms with Crippen molar-refractivity contribution in [2.75, 3.05) is 0 Å². The van der Waals surface area contributed by atoms with Gasteiger partial charge in [0.25, 0.3) is 0 Å². The molecule has 1 aliphatic rings. The molecule has 0 N–H and O–H groups in total. The molecule has 0 aromatic heterocycles. The Bertz CT molecular complexity index is 3260. The van der Waals surface area contributed by atoms with E-state index in [-0.39, 0.29) is 0 Å². The molecule has 0 heterocycles. The highest BCUT2D eigenvalue weighted by Crippen LogP contribution is 2.55. The molecular weight excluding hydrogens is 553 g/mol. The number of benzene rings is 10. The summed E-state index contributed by atoms with van der Waals surface area (Å²) in [7, 11) is 0. The lowest BCUT2D eigenvalue weighted by Gasteiger charge is -2.16. The fourth-order valence-corrected chi connectivity index (χ4v) is 9.92. The van der Waals surface area contributed by atoms with Crippen LogP contribution in [0.15, 0.2) is 133 Å². The zero-order chi connectivity index (χ0) is 29.4. The monoisotopic (exact) mass is 574 g/mol. The number of fused-ring (bicyclic) bond motifs is 14. The Kier molecular flexibility index (Phi) is 3.56. The topological polar surface area (TPSA) is 0 Å². The summed E-state index contributed by atoms with van der Waals surface area (Å²) in [5, 5.41) is 27.5.